The summed E-state index contributed by atoms with van der Waals surface area (Å²) in [5.74, 6) is 1.48. The molecule has 0 saturated heterocycles. The molecule has 515 valence electrons. The molecule has 0 aliphatic heterocycles. The number of phenolic OH excluding ortho intramolecular Hbond substituents is 4. The third-order valence-corrected chi connectivity index (χ3v) is 18.0. The number of aryl methyl sites for hydroxylation is 4. The minimum Gasteiger partial charge on any atom is -0.508 e. The van der Waals surface area contributed by atoms with Gasteiger partial charge in [-0.3, -0.25) is 0 Å². The summed E-state index contributed by atoms with van der Waals surface area (Å²) in [4.78, 5) is 0. The molecule has 0 atom stereocenters. The van der Waals surface area contributed by atoms with Crippen molar-refractivity contribution in [3.05, 3.63) is 119 Å². The fourth-order valence-corrected chi connectivity index (χ4v) is 12.0. The molecule has 0 aliphatic carbocycles. The van der Waals surface area contributed by atoms with Gasteiger partial charge in [-0.25, -0.2) is 0 Å². The normalized spacial score (nSPS) is 10.8. The molecule has 4 rings (SSSR count). The number of hydrogen-bond acceptors (Lipinski definition) is 4. The van der Waals surface area contributed by atoms with Gasteiger partial charge in [0.2, 0.25) is 0 Å². The molecule has 0 aliphatic rings. The molecule has 5 heteroatoms. The number of aromatic hydroxyl groups is 4. The first-order chi connectivity index (χ1) is 43.3. The SMILES string of the molecule is CCCCCCCCCCCCCCCc1ccc(O)cc1.CCCCCCCCCCCCCCCc1ccc(O)cc1.CCCCCCCCCCCCCCCc1ccc(O)cc1.CCCCCCCCCCCCCCCc1ccc(O)cc1.[Cu]. The molecule has 4 aromatic carbocycles. The van der Waals surface area contributed by atoms with Crippen LogP contribution in [-0.4, -0.2) is 20.4 Å². The van der Waals surface area contributed by atoms with E-state index in [0.717, 1.165) is 25.7 Å². The van der Waals surface area contributed by atoms with Crippen molar-refractivity contribution in [3.8, 4) is 23.0 Å². The summed E-state index contributed by atoms with van der Waals surface area (Å²) in [6, 6.07) is 30.6. The van der Waals surface area contributed by atoms with E-state index in [1.807, 2.05) is 48.5 Å². The first-order valence-corrected chi connectivity index (χ1v) is 38.4. The molecule has 0 fully saturated rings. The molecule has 4 nitrogen and oxygen atoms in total. The van der Waals surface area contributed by atoms with Crippen LogP contribution in [0.3, 0.4) is 0 Å². The van der Waals surface area contributed by atoms with Crippen molar-refractivity contribution in [2.45, 2.75) is 387 Å². The molecule has 89 heavy (non-hydrogen) atoms. The van der Waals surface area contributed by atoms with Crippen molar-refractivity contribution in [2.75, 3.05) is 0 Å². The quantitative estimate of drug-likeness (QED) is 0.0262. The van der Waals surface area contributed by atoms with E-state index in [2.05, 4.69) is 27.7 Å². The maximum atomic E-state index is 9.24. The van der Waals surface area contributed by atoms with Crippen LogP contribution in [0.2, 0.25) is 0 Å². The average molecular weight is 1280 g/mol. The van der Waals surface area contributed by atoms with Gasteiger partial charge in [0.15, 0.2) is 0 Å². The molecular weight excluding hydrogens is 1140 g/mol. The Morgan fingerprint density at radius 3 is 0.371 bits per heavy atom. The van der Waals surface area contributed by atoms with E-state index in [1.54, 1.807) is 48.5 Å². The summed E-state index contributed by atoms with van der Waals surface area (Å²) in [6.45, 7) is 9.13. The second-order valence-corrected chi connectivity index (χ2v) is 26.6. The number of benzene rings is 4. The van der Waals surface area contributed by atoms with E-state index >= 15 is 0 Å². The third-order valence-electron chi connectivity index (χ3n) is 18.0. The minimum atomic E-state index is 0. The second kappa shape index (κ2) is 69.0. The largest absolute Gasteiger partial charge is 0.508 e. The van der Waals surface area contributed by atoms with Crippen LogP contribution >= 0.6 is 0 Å². The van der Waals surface area contributed by atoms with Crippen LogP contribution in [0.5, 0.6) is 23.0 Å². The van der Waals surface area contributed by atoms with Crippen molar-refractivity contribution in [2.24, 2.45) is 0 Å². The van der Waals surface area contributed by atoms with Gasteiger partial charge in [-0.2, -0.15) is 0 Å². The molecule has 0 saturated carbocycles. The first-order valence-electron chi connectivity index (χ1n) is 38.4. The number of rotatable bonds is 56. The Hall–Kier alpha value is -3.40. The van der Waals surface area contributed by atoms with Gasteiger partial charge in [0.1, 0.15) is 23.0 Å². The summed E-state index contributed by atoms with van der Waals surface area (Å²) < 4.78 is 0. The summed E-state index contributed by atoms with van der Waals surface area (Å²) in [5.41, 5.74) is 5.39. The predicted octanol–water partition coefficient (Wildman–Crippen LogP) is 28.1. The third kappa shape index (κ3) is 61.9. The van der Waals surface area contributed by atoms with Gasteiger partial charge in [0.05, 0.1) is 0 Å². The molecule has 4 aromatic rings. The van der Waals surface area contributed by atoms with Gasteiger partial charge < -0.3 is 20.4 Å². The van der Waals surface area contributed by atoms with E-state index in [-0.39, 0.29) is 17.1 Å². The Balaban J connectivity index is 0.00000116. The molecule has 0 bridgehead atoms. The Morgan fingerprint density at radius 2 is 0.258 bits per heavy atom. The van der Waals surface area contributed by atoms with Crippen LogP contribution in [0.1, 0.15) is 384 Å². The van der Waals surface area contributed by atoms with Crippen LogP contribution in [0.4, 0.5) is 0 Å². The summed E-state index contributed by atoms with van der Waals surface area (Å²) in [5, 5.41) is 37.0. The van der Waals surface area contributed by atoms with E-state index in [1.165, 1.54) is 356 Å². The van der Waals surface area contributed by atoms with Crippen molar-refractivity contribution in [1.82, 2.24) is 0 Å². The Kier molecular flexibility index (Phi) is 66.3. The standard InChI is InChI=1S/4C21H36O.Cu/c4*1-2-3-4-5-6-7-8-9-10-11-12-13-14-15-20-16-18-21(22)19-17-20;/h4*16-19,22H,2-15H2,1H3;. The smallest absolute Gasteiger partial charge is 0.115 e. The molecule has 0 spiro atoms. The van der Waals surface area contributed by atoms with Crippen molar-refractivity contribution < 1.29 is 37.5 Å². The van der Waals surface area contributed by atoms with Crippen LogP contribution in [0, 0.1) is 0 Å². The van der Waals surface area contributed by atoms with Gasteiger partial charge >= 0.3 is 0 Å². The monoisotopic (exact) mass is 1280 g/mol. The zero-order valence-corrected chi connectivity index (χ0v) is 59.9. The predicted molar refractivity (Wildman–Crippen MR) is 390 cm³/mol. The first kappa shape index (κ1) is 85.6. The molecule has 0 unspecified atom stereocenters. The molecule has 1 radical (unpaired) electrons. The molecular formula is C84H144CuO4. The summed E-state index contributed by atoms with van der Waals surface area (Å²) in [6.07, 6.45) is 77.8. The van der Waals surface area contributed by atoms with E-state index in [0.29, 0.717) is 23.0 Å². The van der Waals surface area contributed by atoms with Crippen molar-refractivity contribution in [3.63, 3.8) is 0 Å². The fourth-order valence-electron chi connectivity index (χ4n) is 12.0. The summed E-state index contributed by atoms with van der Waals surface area (Å²) >= 11 is 0. The van der Waals surface area contributed by atoms with Crippen LogP contribution in [0.15, 0.2) is 97.1 Å². The van der Waals surface area contributed by atoms with Gasteiger partial charge in [-0.05, 0) is 122 Å². The van der Waals surface area contributed by atoms with Crippen molar-refractivity contribution >= 4 is 0 Å². The molecule has 0 aromatic heterocycles. The Morgan fingerprint density at radius 1 is 0.157 bits per heavy atom. The van der Waals surface area contributed by atoms with E-state index < -0.39 is 0 Å². The summed E-state index contributed by atoms with van der Waals surface area (Å²) in [7, 11) is 0. The number of hydrogen-bond donors (Lipinski definition) is 4. The Labute approximate surface area is 563 Å². The average Bonchev–Trinajstić information content (AvgIpc) is 3.62. The molecule has 0 heterocycles. The minimum absolute atomic E-state index is 0. The zero-order chi connectivity index (χ0) is 63.5. The Bertz CT molecular complexity index is 1660. The van der Waals surface area contributed by atoms with E-state index in [4.69, 9.17) is 0 Å². The fraction of sp³-hybridized carbons (Fsp3) is 0.714. The van der Waals surface area contributed by atoms with Crippen LogP contribution < -0.4 is 0 Å². The van der Waals surface area contributed by atoms with Gasteiger partial charge in [0.25, 0.3) is 0 Å². The van der Waals surface area contributed by atoms with Gasteiger partial charge in [-0.15, -0.1) is 0 Å². The number of phenols is 4. The van der Waals surface area contributed by atoms with E-state index in [9.17, 15) is 20.4 Å². The van der Waals surface area contributed by atoms with Crippen LogP contribution in [0.25, 0.3) is 0 Å². The maximum Gasteiger partial charge on any atom is 0.115 e. The van der Waals surface area contributed by atoms with Gasteiger partial charge in [-0.1, -0.05) is 384 Å². The van der Waals surface area contributed by atoms with Crippen molar-refractivity contribution in [1.29, 1.82) is 0 Å². The molecule has 0 amide bonds. The zero-order valence-electron chi connectivity index (χ0n) is 58.9. The maximum absolute atomic E-state index is 9.24. The topological polar surface area (TPSA) is 80.9 Å². The second-order valence-electron chi connectivity index (χ2n) is 26.6. The van der Waals surface area contributed by atoms with Crippen LogP contribution in [-0.2, 0) is 42.8 Å². The number of unbranched alkanes of at least 4 members (excludes halogenated alkanes) is 48. The van der Waals surface area contributed by atoms with Gasteiger partial charge in [0, 0.05) is 17.1 Å². The molecule has 4 N–H and O–H groups in total.